The van der Waals surface area contributed by atoms with Crippen LogP contribution in [0.5, 0.6) is 5.75 Å². The number of nitrogens with zero attached hydrogens (tertiary/aromatic N) is 1. The molecule has 0 fully saturated rings. The van der Waals surface area contributed by atoms with Crippen molar-refractivity contribution in [2.45, 2.75) is 13.8 Å². The maximum absolute atomic E-state index is 12.5. The molecule has 0 spiro atoms. The van der Waals surface area contributed by atoms with Crippen molar-refractivity contribution in [3.63, 3.8) is 0 Å². The van der Waals surface area contributed by atoms with Gasteiger partial charge < -0.3 is 19.7 Å². The Labute approximate surface area is 160 Å². The molecule has 0 aromatic heterocycles. The Morgan fingerprint density at radius 3 is 2.30 bits per heavy atom. The molecule has 0 atom stereocenters. The van der Waals surface area contributed by atoms with Crippen LogP contribution < -0.4 is 10.1 Å². The fourth-order valence-electron chi connectivity index (χ4n) is 2.57. The second-order valence-electron chi connectivity index (χ2n) is 5.88. The van der Waals surface area contributed by atoms with Crippen LogP contribution in [0.3, 0.4) is 0 Å². The van der Waals surface area contributed by atoms with Gasteiger partial charge in [-0.2, -0.15) is 0 Å². The number of methoxy groups -OCH3 is 1. The summed E-state index contributed by atoms with van der Waals surface area (Å²) in [6, 6.07) is 13.8. The highest BCUT2D eigenvalue weighted by Crippen LogP contribution is 2.16. The van der Waals surface area contributed by atoms with Crippen molar-refractivity contribution >= 4 is 17.5 Å². The van der Waals surface area contributed by atoms with Gasteiger partial charge in [0.15, 0.2) is 0 Å². The zero-order valence-corrected chi connectivity index (χ0v) is 16.0. The zero-order valence-electron chi connectivity index (χ0n) is 16.0. The number of amides is 2. The predicted octanol–water partition coefficient (Wildman–Crippen LogP) is 3.45. The summed E-state index contributed by atoms with van der Waals surface area (Å²) in [7, 11) is 1.61. The Morgan fingerprint density at radius 1 is 0.963 bits per heavy atom. The number of anilines is 1. The topological polar surface area (TPSA) is 67.9 Å². The number of ether oxygens (including phenoxy) is 2. The second-order valence-corrected chi connectivity index (χ2v) is 5.88. The fourth-order valence-corrected chi connectivity index (χ4v) is 2.57. The van der Waals surface area contributed by atoms with Gasteiger partial charge in [0.25, 0.3) is 11.8 Å². The summed E-state index contributed by atoms with van der Waals surface area (Å²) in [6.07, 6.45) is 0. The van der Waals surface area contributed by atoms with E-state index in [1.54, 1.807) is 60.5 Å². The first-order chi connectivity index (χ1) is 13.1. The maximum Gasteiger partial charge on any atom is 0.255 e. The zero-order chi connectivity index (χ0) is 19.6. The van der Waals surface area contributed by atoms with Crippen molar-refractivity contribution < 1.29 is 19.1 Å². The van der Waals surface area contributed by atoms with Crippen LogP contribution in [-0.4, -0.2) is 50.1 Å². The van der Waals surface area contributed by atoms with Crippen LogP contribution in [-0.2, 0) is 4.74 Å². The first-order valence-electron chi connectivity index (χ1n) is 9.01. The minimum Gasteiger partial charge on any atom is -0.491 e. The summed E-state index contributed by atoms with van der Waals surface area (Å²) in [6.45, 7) is 6.13. The molecule has 0 unspecified atom stereocenters. The first-order valence-corrected chi connectivity index (χ1v) is 9.01. The number of nitrogens with one attached hydrogen (secondary N) is 1. The van der Waals surface area contributed by atoms with E-state index in [0.29, 0.717) is 48.9 Å². The molecular formula is C21H26N2O4. The van der Waals surface area contributed by atoms with Gasteiger partial charge >= 0.3 is 0 Å². The minimum absolute atomic E-state index is 0.0475. The Kier molecular flexibility index (Phi) is 7.82. The van der Waals surface area contributed by atoms with E-state index in [-0.39, 0.29) is 11.8 Å². The second kappa shape index (κ2) is 10.3. The Balaban J connectivity index is 2.03. The van der Waals surface area contributed by atoms with Crippen molar-refractivity contribution in [1.82, 2.24) is 4.90 Å². The molecule has 0 aliphatic carbocycles. The monoisotopic (exact) mass is 370 g/mol. The summed E-state index contributed by atoms with van der Waals surface area (Å²) >= 11 is 0. The van der Waals surface area contributed by atoms with E-state index in [0.717, 1.165) is 0 Å². The molecule has 0 bridgehead atoms. The molecular weight excluding hydrogens is 344 g/mol. The lowest BCUT2D eigenvalue weighted by Crippen LogP contribution is -2.30. The summed E-state index contributed by atoms with van der Waals surface area (Å²) in [4.78, 5) is 26.6. The summed E-state index contributed by atoms with van der Waals surface area (Å²) < 4.78 is 10.4. The first kappa shape index (κ1) is 20.5. The molecule has 0 saturated heterocycles. The smallest absolute Gasteiger partial charge is 0.255 e. The number of carbonyl (C=O) groups excluding carboxylic acids is 2. The third-order valence-electron chi connectivity index (χ3n) is 4.09. The van der Waals surface area contributed by atoms with Gasteiger partial charge in [0.1, 0.15) is 12.4 Å². The van der Waals surface area contributed by atoms with Crippen LogP contribution in [0.25, 0.3) is 0 Å². The number of rotatable bonds is 9. The number of hydrogen-bond acceptors (Lipinski definition) is 4. The Morgan fingerprint density at radius 2 is 1.67 bits per heavy atom. The molecule has 6 heteroatoms. The molecule has 0 aliphatic rings. The lowest BCUT2D eigenvalue weighted by atomic mass is 10.1. The standard InChI is InChI=1S/C21H26N2O4/c1-4-23(5-2)21(25)17-7-6-8-18(15-17)22-20(24)16-9-11-19(12-10-16)27-14-13-26-3/h6-12,15H,4-5,13-14H2,1-3H3,(H,22,24). The average Bonchev–Trinajstić information content (AvgIpc) is 2.69. The molecule has 2 aromatic rings. The molecule has 2 rings (SSSR count). The molecule has 0 saturated carbocycles. The molecule has 0 heterocycles. The van der Waals surface area contributed by atoms with Crippen LogP contribution >= 0.6 is 0 Å². The van der Waals surface area contributed by atoms with Crippen LogP contribution in [0.2, 0.25) is 0 Å². The molecule has 2 aromatic carbocycles. The number of benzene rings is 2. The van der Waals surface area contributed by atoms with Gasteiger partial charge in [-0.15, -0.1) is 0 Å². The van der Waals surface area contributed by atoms with E-state index in [9.17, 15) is 9.59 Å². The third kappa shape index (κ3) is 5.82. The maximum atomic E-state index is 12.5. The summed E-state index contributed by atoms with van der Waals surface area (Å²) in [5.74, 6) is 0.384. The van der Waals surface area contributed by atoms with E-state index in [1.807, 2.05) is 13.8 Å². The Hall–Kier alpha value is -2.86. The van der Waals surface area contributed by atoms with Gasteiger partial charge in [-0.1, -0.05) is 6.07 Å². The molecule has 0 aliphatic heterocycles. The minimum atomic E-state index is -0.245. The quantitative estimate of drug-likeness (QED) is 0.687. The van der Waals surface area contributed by atoms with Crippen molar-refractivity contribution in [3.8, 4) is 5.75 Å². The van der Waals surface area contributed by atoms with Crippen LogP contribution in [0.4, 0.5) is 5.69 Å². The van der Waals surface area contributed by atoms with E-state index in [4.69, 9.17) is 9.47 Å². The van der Waals surface area contributed by atoms with Crippen molar-refractivity contribution in [2.75, 3.05) is 38.7 Å². The average molecular weight is 370 g/mol. The highest BCUT2D eigenvalue weighted by Gasteiger charge is 2.13. The van der Waals surface area contributed by atoms with Gasteiger partial charge in [0.05, 0.1) is 6.61 Å². The van der Waals surface area contributed by atoms with E-state index >= 15 is 0 Å². The molecule has 27 heavy (non-hydrogen) atoms. The molecule has 1 N–H and O–H groups in total. The Bertz CT molecular complexity index is 755. The van der Waals surface area contributed by atoms with Crippen LogP contribution in [0, 0.1) is 0 Å². The SMILES string of the molecule is CCN(CC)C(=O)c1cccc(NC(=O)c2ccc(OCCOC)cc2)c1. The normalized spacial score (nSPS) is 10.3. The summed E-state index contributed by atoms with van der Waals surface area (Å²) in [5.41, 5.74) is 1.64. The van der Waals surface area contributed by atoms with E-state index in [1.165, 1.54) is 0 Å². The lowest BCUT2D eigenvalue weighted by Gasteiger charge is -2.19. The largest absolute Gasteiger partial charge is 0.491 e. The van der Waals surface area contributed by atoms with Crippen LogP contribution in [0.1, 0.15) is 34.6 Å². The van der Waals surface area contributed by atoms with Crippen molar-refractivity contribution in [2.24, 2.45) is 0 Å². The molecule has 2 amide bonds. The van der Waals surface area contributed by atoms with Crippen LogP contribution in [0.15, 0.2) is 48.5 Å². The van der Waals surface area contributed by atoms with Gasteiger partial charge in [-0.3, -0.25) is 9.59 Å². The lowest BCUT2D eigenvalue weighted by molar-refractivity contribution is 0.0772. The van der Waals surface area contributed by atoms with Gasteiger partial charge in [-0.25, -0.2) is 0 Å². The molecule has 0 radical (unpaired) electrons. The molecule has 6 nitrogen and oxygen atoms in total. The highest BCUT2D eigenvalue weighted by atomic mass is 16.5. The van der Waals surface area contributed by atoms with Gasteiger partial charge in [-0.05, 0) is 56.3 Å². The predicted molar refractivity (Wildman–Crippen MR) is 105 cm³/mol. The number of carbonyl (C=O) groups is 2. The summed E-state index contributed by atoms with van der Waals surface area (Å²) in [5, 5.41) is 2.83. The highest BCUT2D eigenvalue weighted by molar-refractivity contribution is 6.05. The fraction of sp³-hybridized carbons (Fsp3) is 0.333. The van der Waals surface area contributed by atoms with E-state index < -0.39 is 0 Å². The third-order valence-corrected chi connectivity index (χ3v) is 4.09. The van der Waals surface area contributed by atoms with E-state index in [2.05, 4.69) is 5.32 Å². The van der Waals surface area contributed by atoms with Crippen molar-refractivity contribution in [3.05, 3.63) is 59.7 Å². The van der Waals surface area contributed by atoms with Gasteiger partial charge in [0, 0.05) is 37.0 Å². The number of hydrogen-bond donors (Lipinski definition) is 1. The van der Waals surface area contributed by atoms with Crippen molar-refractivity contribution in [1.29, 1.82) is 0 Å². The molecule has 144 valence electrons. The van der Waals surface area contributed by atoms with Gasteiger partial charge in [0.2, 0.25) is 0 Å².